The molecule has 1 aromatic carbocycles. The van der Waals surface area contributed by atoms with Crippen molar-refractivity contribution < 1.29 is 12.8 Å². The monoisotopic (exact) mass is 300 g/mol. The lowest BCUT2D eigenvalue weighted by atomic mass is 10.0. The Morgan fingerprint density at radius 2 is 2.25 bits per heavy atom. The second kappa shape index (κ2) is 7.15. The third-order valence-corrected chi connectivity index (χ3v) is 5.03. The molecule has 0 aromatic heterocycles. The van der Waals surface area contributed by atoms with Crippen molar-refractivity contribution in [1.82, 2.24) is 10.0 Å². The minimum absolute atomic E-state index is 0.170. The van der Waals surface area contributed by atoms with Crippen LogP contribution in [0.3, 0.4) is 0 Å². The van der Waals surface area contributed by atoms with E-state index in [4.69, 9.17) is 0 Å². The second-order valence-electron chi connectivity index (χ2n) is 5.27. The van der Waals surface area contributed by atoms with Crippen LogP contribution in [0, 0.1) is 11.7 Å². The van der Waals surface area contributed by atoms with E-state index >= 15 is 0 Å². The Balaban J connectivity index is 1.77. The molecular formula is C14H21FN2O2S. The molecule has 1 unspecified atom stereocenters. The molecule has 1 atom stereocenters. The average Bonchev–Trinajstić information content (AvgIpc) is 2.39. The van der Waals surface area contributed by atoms with Gasteiger partial charge in [0.2, 0.25) is 10.0 Å². The Kier molecular flexibility index (Phi) is 5.51. The fraction of sp³-hybridized carbons (Fsp3) is 0.571. The Hall–Kier alpha value is -0.980. The van der Waals surface area contributed by atoms with Gasteiger partial charge in [0.05, 0.1) is 5.75 Å². The molecule has 1 saturated heterocycles. The summed E-state index contributed by atoms with van der Waals surface area (Å²) in [6.45, 7) is 2.06. The normalized spacial score (nSPS) is 19.9. The van der Waals surface area contributed by atoms with E-state index in [1.807, 2.05) is 0 Å². The molecule has 1 aliphatic heterocycles. The third kappa shape index (κ3) is 5.19. The molecule has 1 aromatic rings. The highest BCUT2D eigenvalue weighted by molar-refractivity contribution is 7.89. The molecule has 0 saturated carbocycles. The van der Waals surface area contributed by atoms with Crippen LogP contribution in [0.15, 0.2) is 24.3 Å². The molecule has 1 heterocycles. The topological polar surface area (TPSA) is 58.2 Å². The number of halogens is 1. The Bertz CT molecular complexity index is 528. The summed E-state index contributed by atoms with van der Waals surface area (Å²) in [7, 11) is -3.25. The molecule has 0 aliphatic carbocycles. The fourth-order valence-corrected chi connectivity index (χ4v) is 3.91. The SMILES string of the molecule is O=S(=O)(CC1CCCNC1)NCCc1cccc(F)c1. The lowest BCUT2D eigenvalue weighted by Gasteiger charge is -2.22. The summed E-state index contributed by atoms with van der Waals surface area (Å²) in [6.07, 6.45) is 2.49. The molecular weight excluding hydrogens is 279 g/mol. The van der Waals surface area contributed by atoms with Gasteiger partial charge < -0.3 is 5.32 Å². The standard InChI is InChI=1S/C14H21FN2O2S/c15-14-5-1-3-12(9-14)6-8-17-20(18,19)11-13-4-2-7-16-10-13/h1,3,5,9,13,16-17H,2,4,6-8,10-11H2. The summed E-state index contributed by atoms with van der Waals surface area (Å²) >= 11 is 0. The zero-order chi connectivity index (χ0) is 14.4. The zero-order valence-corrected chi connectivity index (χ0v) is 12.3. The van der Waals surface area contributed by atoms with Gasteiger partial charge in [0.1, 0.15) is 5.82 Å². The van der Waals surface area contributed by atoms with E-state index in [1.165, 1.54) is 12.1 Å². The van der Waals surface area contributed by atoms with Crippen molar-refractivity contribution in [2.24, 2.45) is 5.92 Å². The minimum atomic E-state index is -3.25. The maximum atomic E-state index is 13.0. The number of sulfonamides is 1. The van der Waals surface area contributed by atoms with Crippen molar-refractivity contribution in [3.8, 4) is 0 Å². The van der Waals surface area contributed by atoms with E-state index in [1.54, 1.807) is 12.1 Å². The van der Waals surface area contributed by atoms with Gasteiger partial charge in [-0.3, -0.25) is 0 Å². The minimum Gasteiger partial charge on any atom is -0.316 e. The number of piperidine rings is 1. The van der Waals surface area contributed by atoms with E-state index in [9.17, 15) is 12.8 Å². The van der Waals surface area contributed by atoms with Crippen molar-refractivity contribution in [2.75, 3.05) is 25.4 Å². The Morgan fingerprint density at radius 1 is 1.40 bits per heavy atom. The molecule has 2 rings (SSSR count). The van der Waals surface area contributed by atoms with Crippen LogP contribution >= 0.6 is 0 Å². The van der Waals surface area contributed by atoms with E-state index in [2.05, 4.69) is 10.0 Å². The molecule has 20 heavy (non-hydrogen) atoms. The van der Waals surface area contributed by atoms with Gasteiger partial charge in [-0.1, -0.05) is 12.1 Å². The van der Waals surface area contributed by atoms with Crippen LogP contribution in [0.25, 0.3) is 0 Å². The number of hydrogen-bond acceptors (Lipinski definition) is 3. The van der Waals surface area contributed by atoms with Crippen molar-refractivity contribution in [1.29, 1.82) is 0 Å². The van der Waals surface area contributed by atoms with Crippen LogP contribution in [-0.4, -0.2) is 33.8 Å². The summed E-state index contributed by atoms with van der Waals surface area (Å²) in [5.41, 5.74) is 0.798. The highest BCUT2D eigenvalue weighted by Gasteiger charge is 2.20. The summed E-state index contributed by atoms with van der Waals surface area (Å²) in [5.74, 6) is 0.0671. The van der Waals surface area contributed by atoms with Gasteiger partial charge in [-0.15, -0.1) is 0 Å². The molecule has 0 spiro atoms. The molecule has 0 bridgehead atoms. The van der Waals surface area contributed by atoms with Gasteiger partial charge in [-0.2, -0.15) is 0 Å². The Morgan fingerprint density at radius 3 is 2.95 bits per heavy atom. The van der Waals surface area contributed by atoms with E-state index in [-0.39, 0.29) is 17.5 Å². The molecule has 0 amide bonds. The molecule has 1 fully saturated rings. The summed E-state index contributed by atoms with van der Waals surface area (Å²) in [5, 5.41) is 3.21. The summed E-state index contributed by atoms with van der Waals surface area (Å²) < 4.78 is 39.5. The maximum Gasteiger partial charge on any atom is 0.211 e. The van der Waals surface area contributed by atoms with E-state index < -0.39 is 10.0 Å². The van der Waals surface area contributed by atoms with Gasteiger partial charge in [0.25, 0.3) is 0 Å². The highest BCUT2D eigenvalue weighted by Crippen LogP contribution is 2.12. The number of hydrogen-bond donors (Lipinski definition) is 2. The van der Waals surface area contributed by atoms with Gasteiger partial charge in [-0.25, -0.2) is 17.5 Å². The van der Waals surface area contributed by atoms with Gasteiger partial charge >= 0.3 is 0 Å². The quantitative estimate of drug-likeness (QED) is 0.832. The summed E-state index contributed by atoms with van der Waals surface area (Å²) in [6, 6.07) is 6.23. The Labute approximate surface area is 119 Å². The molecule has 6 heteroatoms. The second-order valence-corrected chi connectivity index (χ2v) is 7.12. The lowest BCUT2D eigenvalue weighted by molar-refractivity contribution is 0.403. The number of benzene rings is 1. The zero-order valence-electron chi connectivity index (χ0n) is 11.4. The van der Waals surface area contributed by atoms with E-state index in [0.29, 0.717) is 13.0 Å². The maximum absolute atomic E-state index is 13.0. The molecule has 2 N–H and O–H groups in total. The molecule has 0 radical (unpaired) electrons. The van der Waals surface area contributed by atoms with Gasteiger partial charge in [-0.05, 0) is 56.0 Å². The van der Waals surface area contributed by atoms with Crippen LogP contribution in [0.1, 0.15) is 18.4 Å². The largest absolute Gasteiger partial charge is 0.316 e. The van der Waals surface area contributed by atoms with Crippen molar-refractivity contribution >= 4 is 10.0 Å². The highest BCUT2D eigenvalue weighted by atomic mass is 32.2. The predicted octanol–water partition coefficient (Wildman–Crippen LogP) is 1.29. The third-order valence-electron chi connectivity index (χ3n) is 3.48. The van der Waals surface area contributed by atoms with Crippen molar-refractivity contribution in [2.45, 2.75) is 19.3 Å². The van der Waals surface area contributed by atoms with Crippen LogP contribution in [0.5, 0.6) is 0 Å². The first-order chi connectivity index (χ1) is 9.55. The van der Waals surface area contributed by atoms with Crippen LogP contribution in [0.4, 0.5) is 4.39 Å². The fourth-order valence-electron chi connectivity index (χ4n) is 2.48. The molecule has 112 valence electrons. The molecule has 4 nitrogen and oxygen atoms in total. The van der Waals surface area contributed by atoms with Gasteiger partial charge in [0, 0.05) is 6.54 Å². The summed E-state index contributed by atoms with van der Waals surface area (Å²) in [4.78, 5) is 0. The smallest absolute Gasteiger partial charge is 0.211 e. The average molecular weight is 300 g/mol. The van der Waals surface area contributed by atoms with Crippen LogP contribution < -0.4 is 10.0 Å². The first kappa shape index (κ1) is 15.4. The first-order valence-electron chi connectivity index (χ1n) is 6.98. The molecule has 1 aliphatic rings. The first-order valence-corrected chi connectivity index (χ1v) is 8.63. The van der Waals surface area contributed by atoms with Crippen LogP contribution in [-0.2, 0) is 16.4 Å². The van der Waals surface area contributed by atoms with Crippen LogP contribution in [0.2, 0.25) is 0 Å². The van der Waals surface area contributed by atoms with Gasteiger partial charge in [0.15, 0.2) is 0 Å². The number of rotatable bonds is 6. The van der Waals surface area contributed by atoms with E-state index in [0.717, 1.165) is 31.5 Å². The lowest BCUT2D eigenvalue weighted by Crippen LogP contribution is -2.38. The van der Waals surface area contributed by atoms with Crippen molar-refractivity contribution in [3.63, 3.8) is 0 Å². The van der Waals surface area contributed by atoms with Crippen molar-refractivity contribution in [3.05, 3.63) is 35.6 Å². The number of nitrogens with one attached hydrogen (secondary N) is 2. The predicted molar refractivity (Wildman–Crippen MR) is 77.5 cm³/mol.